The zero-order valence-electron chi connectivity index (χ0n) is 10.6. The van der Waals surface area contributed by atoms with Gasteiger partial charge in [-0.3, -0.25) is 4.79 Å². The highest BCUT2D eigenvalue weighted by molar-refractivity contribution is 5.98. The summed E-state index contributed by atoms with van der Waals surface area (Å²) >= 11 is 0. The summed E-state index contributed by atoms with van der Waals surface area (Å²) in [6, 6.07) is 5.69. The van der Waals surface area contributed by atoms with Crippen molar-refractivity contribution in [2.75, 3.05) is 0 Å². The van der Waals surface area contributed by atoms with Gasteiger partial charge in [0.05, 0.1) is 5.56 Å². The van der Waals surface area contributed by atoms with E-state index in [-0.39, 0.29) is 12.1 Å². The summed E-state index contributed by atoms with van der Waals surface area (Å²) in [4.78, 5) is 12.0. The van der Waals surface area contributed by atoms with Crippen molar-refractivity contribution in [2.24, 2.45) is 5.92 Å². The number of nitrogens with one attached hydrogen (secondary N) is 1. The van der Waals surface area contributed by atoms with Crippen LogP contribution < -0.4 is 10.1 Å². The van der Waals surface area contributed by atoms with E-state index in [0.717, 1.165) is 18.4 Å². The molecule has 92 valence electrons. The van der Waals surface area contributed by atoms with Gasteiger partial charge in [-0.15, -0.1) is 0 Å². The monoisotopic (exact) mass is 233 g/mol. The summed E-state index contributed by atoms with van der Waals surface area (Å²) in [5.74, 6) is 1.06. The Morgan fingerprint density at radius 1 is 1.35 bits per heavy atom. The summed E-state index contributed by atoms with van der Waals surface area (Å²) in [6.45, 7) is 6.24. The number of carbonyl (C=O) groups excluding carboxylic acids is 1. The number of aryl methyl sites for hydroxylation is 1. The second kappa shape index (κ2) is 4.78. The number of benzene rings is 1. The second-order valence-electron chi connectivity index (χ2n) is 4.59. The van der Waals surface area contributed by atoms with Crippen molar-refractivity contribution in [3.05, 3.63) is 29.3 Å². The summed E-state index contributed by atoms with van der Waals surface area (Å²) in [5, 5.41) is 2.93. The first-order valence-electron chi connectivity index (χ1n) is 6.23. The predicted molar refractivity (Wildman–Crippen MR) is 67.1 cm³/mol. The molecule has 0 saturated carbocycles. The van der Waals surface area contributed by atoms with Gasteiger partial charge in [0, 0.05) is 5.92 Å². The van der Waals surface area contributed by atoms with Crippen LogP contribution >= 0.6 is 0 Å². The SMILES string of the molecule is CCC(CC)[C@@H]1NC(=O)c2ccc(C)cc2O1. The van der Waals surface area contributed by atoms with Crippen molar-refractivity contribution >= 4 is 5.91 Å². The number of ether oxygens (including phenoxy) is 1. The molecule has 1 heterocycles. The smallest absolute Gasteiger partial charge is 0.257 e. The van der Waals surface area contributed by atoms with Gasteiger partial charge in [0.1, 0.15) is 5.75 Å². The zero-order chi connectivity index (χ0) is 12.4. The third-order valence-electron chi connectivity index (χ3n) is 3.39. The van der Waals surface area contributed by atoms with Gasteiger partial charge in [0.15, 0.2) is 6.23 Å². The summed E-state index contributed by atoms with van der Waals surface area (Å²) in [7, 11) is 0. The predicted octanol–water partition coefficient (Wildman–Crippen LogP) is 2.88. The Bertz CT molecular complexity index is 424. The van der Waals surface area contributed by atoms with Crippen LogP contribution in [-0.2, 0) is 0 Å². The lowest BCUT2D eigenvalue weighted by molar-refractivity contribution is 0.0569. The standard InChI is InChI=1S/C14H19NO2/c1-4-10(5-2)14-15-13(16)11-7-6-9(3)8-12(11)17-14/h6-8,10,14H,4-5H2,1-3H3,(H,15,16)/t14-/m1/s1. The first-order valence-corrected chi connectivity index (χ1v) is 6.23. The molecule has 2 rings (SSSR count). The Morgan fingerprint density at radius 2 is 2.06 bits per heavy atom. The lowest BCUT2D eigenvalue weighted by atomic mass is 9.99. The van der Waals surface area contributed by atoms with Crippen LogP contribution in [0.5, 0.6) is 5.75 Å². The molecule has 0 bridgehead atoms. The molecule has 0 aromatic heterocycles. The van der Waals surface area contributed by atoms with Crippen molar-refractivity contribution in [3.63, 3.8) is 0 Å². The second-order valence-corrected chi connectivity index (χ2v) is 4.59. The molecule has 0 saturated heterocycles. The number of fused-ring (bicyclic) bond motifs is 1. The molecule has 1 aromatic rings. The Morgan fingerprint density at radius 3 is 2.71 bits per heavy atom. The third-order valence-corrected chi connectivity index (χ3v) is 3.39. The van der Waals surface area contributed by atoms with Crippen LogP contribution in [0.4, 0.5) is 0 Å². The van der Waals surface area contributed by atoms with Crippen molar-refractivity contribution in [3.8, 4) is 5.75 Å². The van der Waals surface area contributed by atoms with Gasteiger partial charge in [-0.1, -0.05) is 19.9 Å². The first kappa shape index (κ1) is 12.0. The molecule has 0 radical (unpaired) electrons. The van der Waals surface area contributed by atoms with Gasteiger partial charge < -0.3 is 10.1 Å². The van der Waals surface area contributed by atoms with E-state index in [0.29, 0.717) is 17.2 Å². The number of hydrogen-bond donors (Lipinski definition) is 1. The zero-order valence-corrected chi connectivity index (χ0v) is 10.6. The number of rotatable bonds is 3. The van der Waals surface area contributed by atoms with Crippen LogP contribution in [0.1, 0.15) is 42.6 Å². The van der Waals surface area contributed by atoms with Gasteiger partial charge >= 0.3 is 0 Å². The fraction of sp³-hybridized carbons (Fsp3) is 0.500. The fourth-order valence-electron chi connectivity index (χ4n) is 2.22. The van der Waals surface area contributed by atoms with Crippen LogP contribution in [0, 0.1) is 12.8 Å². The fourth-order valence-corrected chi connectivity index (χ4v) is 2.22. The Labute approximate surface area is 102 Å². The number of carbonyl (C=O) groups is 1. The van der Waals surface area contributed by atoms with E-state index in [1.165, 1.54) is 0 Å². The molecule has 0 spiro atoms. The molecule has 3 heteroatoms. The third kappa shape index (κ3) is 2.28. The number of amides is 1. The van der Waals surface area contributed by atoms with E-state index < -0.39 is 0 Å². The molecule has 1 N–H and O–H groups in total. The van der Waals surface area contributed by atoms with E-state index in [4.69, 9.17) is 4.74 Å². The average molecular weight is 233 g/mol. The van der Waals surface area contributed by atoms with Crippen LogP contribution in [0.2, 0.25) is 0 Å². The van der Waals surface area contributed by atoms with Crippen LogP contribution in [0.15, 0.2) is 18.2 Å². The quantitative estimate of drug-likeness (QED) is 0.871. The number of hydrogen-bond acceptors (Lipinski definition) is 2. The van der Waals surface area contributed by atoms with Gasteiger partial charge in [-0.25, -0.2) is 0 Å². The molecule has 0 aliphatic carbocycles. The largest absolute Gasteiger partial charge is 0.470 e. The van der Waals surface area contributed by atoms with Crippen molar-refractivity contribution in [1.29, 1.82) is 0 Å². The summed E-state index contributed by atoms with van der Waals surface area (Å²) in [6.07, 6.45) is 1.82. The van der Waals surface area contributed by atoms with Gasteiger partial charge in [-0.05, 0) is 37.5 Å². The summed E-state index contributed by atoms with van der Waals surface area (Å²) in [5.41, 5.74) is 1.75. The highest BCUT2D eigenvalue weighted by atomic mass is 16.5. The van der Waals surface area contributed by atoms with Gasteiger partial charge in [-0.2, -0.15) is 0 Å². The van der Waals surface area contributed by atoms with Crippen molar-refractivity contribution in [1.82, 2.24) is 5.32 Å². The minimum absolute atomic E-state index is 0.0249. The molecule has 1 aliphatic rings. The van der Waals surface area contributed by atoms with Gasteiger partial charge in [0.25, 0.3) is 5.91 Å². The molecular formula is C14H19NO2. The van der Waals surface area contributed by atoms with Crippen LogP contribution in [0.3, 0.4) is 0 Å². The maximum absolute atomic E-state index is 12.0. The van der Waals surface area contributed by atoms with E-state index in [1.807, 2.05) is 25.1 Å². The molecule has 0 unspecified atom stereocenters. The molecule has 0 fully saturated rings. The van der Waals surface area contributed by atoms with Crippen LogP contribution in [0.25, 0.3) is 0 Å². The minimum Gasteiger partial charge on any atom is -0.470 e. The molecular weight excluding hydrogens is 214 g/mol. The maximum atomic E-state index is 12.0. The van der Waals surface area contributed by atoms with E-state index in [2.05, 4.69) is 19.2 Å². The molecule has 3 nitrogen and oxygen atoms in total. The van der Waals surface area contributed by atoms with Crippen LogP contribution in [-0.4, -0.2) is 12.1 Å². The average Bonchev–Trinajstić information content (AvgIpc) is 2.30. The highest BCUT2D eigenvalue weighted by Crippen LogP contribution is 2.28. The molecule has 1 amide bonds. The van der Waals surface area contributed by atoms with E-state index >= 15 is 0 Å². The lowest BCUT2D eigenvalue weighted by Crippen LogP contribution is -2.47. The molecule has 1 aromatic carbocycles. The van der Waals surface area contributed by atoms with Gasteiger partial charge in [0.2, 0.25) is 0 Å². The van der Waals surface area contributed by atoms with Crippen molar-refractivity contribution < 1.29 is 9.53 Å². The Balaban J connectivity index is 2.28. The normalized spacial score (nSPS) is 18.6. The molecule has 17 heavy (non-hydrogen) atoms. The Hall–Kier alpha value is -1.51. The first-order chi connectivity index (χ1) is 8.15. The topological polar surface area (TPSA) is 38.3 Å². The summed E-state index contributed by atoms with van der Waals surface area (Å²) < 4.78 is 5.90. The maximum Gasteiger partial charge on any atom is 0.257 e. The molecule has 1 aliphatic heterocycles. The minimum atomic E-state index is -0.188. The highest BCUT2D eigenvalue weighted by Gasteiger charge is 2.29. The Kier molecular flexibility index (Phi) is 3.36. The van der Waals surface area contributed by atoms with E-state index in [9.17, 15) is 4.79 Å². The molecule has 1 atom stereocenters. The lowest BCUT2D eigenvalue weighted by Gasteiger charge is -2.31. The van der Waals surface area contributed by atoms with Crippen molar-refractivity contribution in [2.45, 2.75) is 39.8 Å². The van der Waals surface area contributed by atoms with E-state index in [1.54, 1.807) is 0 Å².